The number of carbonyl (C=O) groups excluding carboxylic acids is 6. The van der Waals surface area contributed by atoms with Crippen molar-refractivity contribution in [2.45, 2.75) is 164 Å². The van der Waals surface area contributed by atoms with Crippen LogP contribution in [0.1, 0.15) is 96.3 Å². The smallest absolute Gasteiger partial charge is 0.245 e. The molecule has 5 unspecified atom stereocenters. The van der Waals surface area contributed by atoms with Crippen molar-refractivity contribution >= 4 is 35.4 Å². The van der Waals surface area contributed by atoms with Gasteiger partial charge in [0, 0.05) is 97.3 Å². The predicted molar refractivity (Wildman–Crippen MR) is 291 cm³/mol. The summed E-state index contributed by atoms with van der Waals surface area (Å²) in [5.74, 6) is -1.60. The van der Waals surface area contributed by atoms with E-state index in [4.69, 9.17) is 42.6 Å². The molecular formula is C53H98N6O24. The fourth-order valence-electron chi connectivity index (χ4n) is 8.45. The van der Waals surface area contributed by atoms with E-state index in [9.17, 15) is 74.7 Å². The fourth-order valence-corrected chi connectivity index (χ4v) is 8.45. The van der Waals surface area contributed by atoms with Gasteiger partial charge in [-0.3, -0.25) is 28.8 Å². The molecule has 0 aliphatic carbocycles. The third-order valence-corrected chi connectivity index (χ3v) is 13.2. The van der Waals surface area contributed by atoms with Crippen LogP contribution in [0.5, 0.6) is 0 Å². The summed E-state index contributed by atoms with van der Waals surface area (Å²) in [5.41, 5.74) is 0. The molecule has 30 nitrogen and oxygen atoms in total. The minimum atomic E-state index is -1.53. The van der Waals surface area contributed by atoms with E-state index in [0.717, 1.165) is 12.8 Å². The summed E-state index contributed by atoms with van der Waals surface area (Å²) in [6, 6.07) is -0.480. The van der Waals surface area contributed by atoms with Gasteiger partial charge in [0.1, 0.15) is 62.0 Å². The Hall–Kier alpha value is -3.90. The molecule has 0 saturated carbocycles. The van der Waals surface area contributed by atoms with Crippen LogP contribution >= 0.6 is 0 Å². The van der Waals surface area contributed by atoms with Crippen LogP contribution in [0.2, 0.25) is 0 Å². The number of unbranched alkanes of at least 4 members (excludes halogenated alkanes) is 4. The lowest BCUT2D eigenvalue weighted by molar-refractivity contribution is -0.301. The first-order valence-corrected chi connectivity index (χ1v) is 28.9. The zero-order chi connectivity index (χ0) is 61.0. The normalized spacial score (nSPS) is 23.2. The van der Waals surface area contributed by atoms with Crippen molar-refractivity contribution in [3.8, 4) is 0 Å². The molecule has 83 heavy (non-hydrogen) atoms. The number of aliphatic hydroxyl groups excluding tert-OH is 9. The molecule has 6 amide bonds. The molecule has 2 aliphatic heterocycles. The molecule has 0 radical (unpaired) electrons. The van der Waals surface area contributed by atoms with Crippen LogP contribution in [0.4, 0.5) is 0 Å². The van der Waals surface area contributed by atoms with Crippen LogP contribution in [-0.2, 0) is 71.4 Å². The first kappa shape index (κ1) is 75.2. The van der Waals surface area contributed by atoms with Crippen molar-refractivity contribution in [1.29, 1.82) is 0 Å². The van der Waals surface area contributed by atoms with Crippen LogP contribution in [0.3, 0.4) is 0 Å². The summed E-state index contributed by atoms with van der Waals surface area (Å²) in [6.07, 6.45) is -6.97. The van der Waals surface area contributed by atoms with Crippen LogP contribution in [0.15, 0.2) is 0 Å². The quantitative estimate of drug-likeness (QED) is 0.0253. The summed E-state index contributed by atoms with van der Waals surface area (Å²) in [5, 5.41) is 104. The topological polar surface area (TPSA) is 440 Å². The minimum Gasteiger partial charge on any atom is -0.396 e. The second kappa shape index (κ2) is 47.3. The summed E-state index contributed by atoms with van der Waals surface area (Å²) >= 11 is 0. The SMILES string of the molecule is COCC(CO)CCCCNC(=O)C[C@H](CCCCNC(=O)COCCOCCNC(=O)CCCCO[C@@H]1OC(CO)[C@@H](O)[C@H](O)C1O)NC(=O)CCCNC(=O)COCCOCCNC(=O)CCCCO[C@@H]1OC(CO)[C@@H](O)[C@H](O)C1O. The monoisotopic (exact) mass is 1200 g/mol. The number of aliphatic hydroxyl groups is 9. The fraction of sp³-hybridized carbons (Fsp3) is 0.887. The van der Waals surface area contributed by atoms with Crippen molar-refractivity contribution in [1.82, 2.24) is 31.9 Å². The molecule has 2 rings (SSSR count). The maximum absolute atomic E-state index is 13.0. The zero-order valence-electron chi connectivity index (χ0n) is 48.1. The average molecular weight is 1200 g/mol. The second-order valence-electron chi connectivity index (χ2n) is 20.2. The molecule has 0 aromatic heterocycles. The summed E-state index contributed by atoms with van der Waals surface area (Å²) in [7, 11) is 1.58. The number of hydrogen-bond acceptors (Lipinski definition) is 24. The Morgan fingerprint density at radius 3 is 1.34 bits per heavy atom. The molecule has 0 aromatic carbocycles. The highest BCUT2D eigenvalue weighted by Gasteiger charge is 2.45. The molecule has 0 spiro atoms. The van der Waals surface area contributed by atoms with E-state index in [-0.39, 0.29) is 159 Å². The molecule has 2 heterocycles. The Bertz CT molecular complexity index is 1750. The molecular weight excluding hydrogens is 1100 g/mol. The van der Waals surface area contributed by atoms with Crippen molar-refractivity contribution < 1.29 is 117 Å². The first-order valence-electron chi connectivity index (χ1n) is 28.9. The third-order valence-electron chi connectivity index (χ3n) is 13.2. The van der Waals surface area contributed by atoms with Crippen LogP contribution in [-0.4, -0.2) is 281 Å². The standard InChI is InChI=1S/C53H98N6O24/c1-75-33-36(30-60)11-2-6-16-54-43(66)29-37(12-3-7-17-55-44(67)34-78-27-25-76-23-19-57-40(63)13-4-8-21-80-52-50(73)48(71)46(69)38(31-61)82-52)59-42(65)15-10-18-56-45(68)35-79-28-26-77-24-20-58-41(64)14-5-9-22-81-53-51(74)49(72)47(70)39(32-62)83-53/h36-39,46-53,60-62,69-74H,2-35H2,1H3,(H,54,66)(H,55,67)(H,56,68)(H,57,63)(H,58,64)(H,59,65)/t36?,37-,38?,39?,46+,47+,48-,49-,50?,51?,52+,53+/m0/s1. The molecule has 30 heteroatoms. The first-order chi connectivity index (χ1) is 40.0. The maximum atomic E-state index is 13.0. The Kier molecular flexibility index (Phi) is 42.8. The maximum Gasteiger partial charge on any atom is 0.245 e. The van der Waals surface area contributed by atoms with E-state index in [1.165, 1.54) is 0 Å². The van der Waals surface area contributed by atoms with E-state index in [0.29, 0.717) is 77.5 Å². The highest BCUT2D eigenvalue weighted by atomic mass is 16.7. The highest BCUT2D eigenvalue weighted by molar-refractivity contribution is 5.80. The van der Waals surface area contributed by atoms with Gasteiger partial charge in [0.25, 0.3) is 0 Å². The molecule has 484 valence electrons. The van der Waals surface area contributed by atoms with E-state index in [1.54, 1.807) is 7.11 Å². The second-order valence-corrected chi connectivity index (χ2v) is 20.2. The Balaban J connectivity index is 1.54. The van der Waals surface area contributed by atoms with Crippen molar-refractivity contribution in [2.75, 3.05) is 132 Å². The van der Waals surface area contributed by atoms with E-state index in [1.807, 2.05) is 0 Å². The predicted octanol–water partition coefficient (Wildman–Crippen LogP) is -5.14. The largest absolute Gasteiger partial charge is 0.396 e. The van der Waals surface area contributed by atoms with Gasteiger partial charge >= 0.3 is 0 Å². The van der Waals surface area contributed by atoms with Gasteiger partial charge in [-0.25, -0.2) is 0 Å². The molecule has 15 N–H and O–H groups in total. The van der Waals surface area contributed by atoms with Gasteiger partial charge in [0.15, 0.2) is 12.6 Å². The molecule has 0 bridgehead atoms. The lowest BCUT2D eigenvalue weighted by atomic mass is 9.99. The number of nitrogens with one attached hydrogen (secondary N) is 6. The van der Waals surface area contributed by atoms with Gasteiger partial charge in [0.05, 0.1) is 59.5 Å². The van der Waals surface area contributed by atoms with Gasteiger partial charge in [-0.2, -0.15) is 0 Å². The summed E-state index contributed by atoms with van der Waals surface area (Å²) in [6.45, 7) is 1.76. The third kappa shape index (κ3) is 34.7. The van der Waals surface area contributed by atoms with Gasteiger partial charge in [-0.05, 0) is 64.2 Å². The van der Waals surface area contributed by atoms with Crippen molar-refractivity contribution in [3.05, 3.63) is 0 Å². The van der Waals surface area contributed by atoms with Crippen LogP contribution in [0.25, 0.3) is 0 Å². The minimum absolute atomic E-state index is 0.0185. The van der Waals surface area contributed by atoms with Crippen LogP contribution in [0, 0.1) is 5.92 Å². The number of ether oxygens (including phenoxy) is 9. The Morgan fingerprint density at radius 1 is 0.434 bits per heavy atom. The number of carbonyl (C=O) groups is 6. The number of methoxy groups -OCH3 is 1. The molecule has 12 atom stereocenters. The highest BCUT2D eigenvalue weighted by Crippen LogP contribution is 2.23. The molecule has 2 fully saturated rings. The van der Waals surface area contributed by atoms with Crippen LogP contribution < -0.4 is 31.9 Å². The summed E-state index contributed by atoms with van der Waals surface area (Å²) in [4.78, 5) is 74.8. The number of hydrogen-bond donors (Lipinski definition) is 15. The molecule has 0 aromatic rings. The Morgan fingerprint density at radius 2 is 0.867 bits per heavy atom. The van der Waals surface area contributed by atoms with Gasteiger partial charge in [0.2, 0.25) is 35.4 Å². The zero-order valence-corrected chi connectivity index (χ0v) is 48.1. The van der Waals surface area contributed by atoms with Gasteiger partial charge < -0.3 is 120 Å². The van der Waals surface area contributed by atoms with Crippen molar-refractivity contribution in [2.24, 2.45) is 5.92 Å². The van der Waals surface area contributed by atoms with E-state index in [2.05, 4.69) is 31.9 Å². The van der Waals surface area contributed by atoms with Gasteiger partial charge in [-0.1, -0.05) is 6.42 Å². The van der Waals surface area contributed by atoms with E-state index >= 15 is 0 Å². The van der Waals surface area contributed by atoms with Gasteiger partial charge in [-0.15, -0.1) is 0 Å². The molecule has 2 aliphatic rings. The lowest BCUT2D eigenvalue weighted by Crippen LogP contribution is -2.59. The van der Waals surface area contributed by atoms with Crippen molar-refractivity contribution in [3.63, 3.8) is 0 Å². The number of rotatable bonds is 50. The Labute approximate surface area is 485 Å². The summed E-state index contributed by atoms with van der Waals surface area (Å²) < 4.78 is 48.2. The van der Waals surface area contributed by atoms with E-state index < -0.39 is 80.7 Å². The number of amides is 6. The average Bonchev–Trinajstić information content (AvgIpc) is 3.54. The lowest BCUT2D eigenvalue weighted by Gasteiger charge is -2.39. The molecule has 2 saturated heterocycles.